The number of benzene rings is 2. The third-order valence-electron chi connectivity index (χ3n) is 3.16. The van der Waals surface area contributed by atoms with Crippen molar-refractivity contribution in [2.45, 2.75) is 11.8 Å². The Morgan fingerprint density at radius 2 is 1.67 bits per heavy atom. The zero-order chi connectivity index (χ0) is 20.0. The quantitative estimate of drug-likeness (QED) is 0.383. The molecule has 11 nitrogen and oxygen atoms in total. The van der Waals surface area contributed by atoms with Crippen LogP contribution in [0, 0.1) is 27.2 Å². The van der Waals surface area contributed by atoms with Gasteiger partial charge in [0.1, 0.15) is 5.75 Å². The molecule has 12 heteroatoms. The van der Waals surface area contributed by atoms with Gasteiger partial charge >= 0.3 is 13.5 Å². The number of anilines is 1. The summed E-state index contributed by atoms with van der Waals surface area (Å²) >= 11 is 0. The Morgan fingerprint density at radius 1 is 1.00 bits per heavy atom. The van der Waals surface area contributed by atoms with Gasteiger partial charge in [-0.1, -0.05) is 12.1 Å². The van der Waals surface area contributed by atoms with Gasteiger partial charge in [-0.3, -0.25) is 25.0 Å². The molecule has 0 unspecified atom stereocenters. The van der Waals surface area contributed by atoms with Gasteiger partial charge in [0.15, 0.2) is 5.75 Å². The first-order valence-electron chi connectivity index (χ1n) is 7.40. The Kier molecular flexibility index (Phi) is 6.13. The van der Waals surface area contributed by atoms with Gasteiger partial charge in [0.05, 0.1) is 20.4 Å². The molecule has 2 rings (SSSR count). The first-order valence-corrected chi connectivity index (χ1v) is 8.88. The zero-order valence-corrected chi connectivity index (χ0v) is 14.8. The third-order valence-corrected chi connectivity index (χ3v) is 4.52. The molecule has 0 amide bonds. The van der Waals surface area contributed by atoms with Gasteiger partial charge in [0.25, 0.3) is 10.0 Å². The van der Waals surface area contributed by atoms with Crippen LogP contribution in [0.25, 0.3) is 0 Å². The Balaban J connectivity index is 2.32. The maximum absolute atomic E-state index is 12.5. The van der Waals surface area contributed by atoms with Crippen LogP contribution in [0.15, 0.2) is 47.4 Å². The van der Waals surface area contributed by atoms with Crippen molar-refractivity contribution < 1.29 is 27.7 Å². The summed E-state index contributed by atoms with van der Waals surface area (Å²) in [6.07, 6.45) is 0. The highest BCUT2D eigenvalue weighted by Crippen LogP contribution is 2.31. The maximum Gasteiger partial charge on any atom is 0.344 e. The summed E-state index contributed by atoms with van der Waals surface area (Å²) < 4.78 is 37.2. The second kappa shape index (κ2) is 8.31. The molecule has 144 valence electrons. The number of nitrogens with one attached hydrogen (secondary N) is 1. The van der Waals surface area contributed by atoms with Crippen LogP contribution in [0.3, 0.4) is 0 Å². The smallest absolute Gasteiger partial charge is 0.344 e. The van der Waals surface area contributed by atoms with Crippen molar-refractivity contribution in [3.8, 4) is 11.5 Å². The number of nitro groups is 2. The molecular weight excluding hydrogens is 382 g/mol. The third kappa shape index (κ3) is 5.81. The minimum absolute atomic E-state index is 0.00333. The average molecular weight is 397 g/mol. The Morgan fingerprint density at radius 3 is 2.30 bits per heavy atom. The molecule has 27 heavy (non-hydrogen) atoms. The van der Waals surface area contributed by atoms with E-state index in [1.165, 1.54) is 24.3 Å². The number of sulfonamides is 1. The van der Waals surface area contributed by atoms with Crippen LogP contribution >= 0.6 is 0 Å². The fraction of sp³-hybridized carbons (Fsp3) is 0.200. The molecule has 0 aromatic heterocycles. The second-order valence-corrected chi connectivity index (χ2v) is 6.97. The lowest BCUT2D eigenvalue weighted by molar-refractivity contribution is -0.514. The molecule has 0 aliphatic carbocycles. The van der Waals surface area contributed by atoms with E-state index in [1.54, 1.807) is 19.1 Å². The molecule has 1 N–H and O–H groups in total. The summed E-state index contributed by atoms with van der Waals surface area (Å²) in [7, 11) is -3.98. The molecule has 0 bridgehead atoms. The number of hydrogen-bond donors (Lipinski definition) is 1. The van der Waals surface area contributed by atoms with E-state index in [4.69, 9.17) is 9.47 Å². The van der Waals surface area contributed by atoms with Gasteiger partial charge in [-0.2, -0.15) is 0 Å². The van der Waals surface area contributed by atoms with Gasteiger partial charge < -0.3 is 9.47 Å². The van der Waals surface area contributed by atoms with Crippen molar-refractivity contribution in [2.75, 3.05) is 18.2 Å². The highest BCUT2D eigenvalue weighted by molar-refractivity contribution is 7.92. The normalized spacial score (nSPS) is 10.9. The topological polar surface area (TPSA) is 151 Å². The summed E-state index contributed by atoms with van der Waals surface area (Å²) in [6.45, 7) is -0.0347. The molecule has 0 aliphatic heterocycles. The van der Waals surface area contributed by atoms with Gasteiger partial charge in [0, 0.05) is 6.07 Å². The van der Waals surface area contributed by atoms with E-state index in [9.17, 15) is 28.6 Å². The predicted octanol–water partition coefficient (Wildman–Crippen LogP) is 2.02. The molecule has 0 radical (unpaired) electrons. The summed E-state index contributed by atoms with van der Waals surface area (Å²) in [5.41, 5.74) is 0.651. The van der Waals surface area contributed by atoms with Gasteiger partial charge in [-0.05, 0) is 36.8 Å². The molecule has 0 aliphatic rings. The SMILES string of the molecule is Cc1cccc(S(=O)(=O)Nc2ccc(OC[N+](=O)[O-])cc2OC[N+](=O)[O-])c1. The molecule has 0 saturated heterocycles. The Bertz CT molecular complexity index is 961. The van der Waals surface area contributed by atoms with Crippen molar-refractivity contribution in [1.82, 2.24) is 0 Å². The number of ether oxygens (including phenoxy) is 2. The van der Waals surface area contributed by atoms with E-state index < -0.39 is 33.3 Å². The number of aryl methyl sites for hydroxylation is 1. The Labute approximate surface area is 153 Å². The molecule has 0 atom stereocenters. The second-order valence-electron chi connectivity index (χ2n) is 5.29. The van der Waals surface area contributed by atoms with Crippen molar-refractivity contribution in [2.24, 2.45) is 0 Å². The highest BCUT2D eigenvalue weighted by atomic mass is 32.2. The molecule has 0 heterocycles. The molecule has 2 aromatic carbocycles. The van der Waals surface area contributed by atoms with E-state index in [-0.39, 0.29) is 22.1 Å². The van der Waals surface area contributed by atoms with Crippen molar-refractivity contribution in [3.63, 3.8) is 0 Å². The lowest BCUT2D eigenvalue weighted by Gasteiger charge is -2.13. The summed E-state index contributed by atoms with van der Waals surface area (Å²) in [5.74, 6) is -0.215. The van der Waals surface area contributed by atoms with E-state index in [2.05, 4.69) is 4.72 Å². The first-order chi connectivity index (χ1) is 12.7. The van der Waals surface area contributed by atoms with Gasteiger partial charge in [-0.25, -0.2) is 8.42 Å². The highest BCUT2D eigenvalue weighted by Gasteiger charge is 2.18. The van der Waals surface area contributed by atoms with Crippen molar-refractivity contribution in [3.05, 3.63) is 68.3 Å². The largest absolute Gasteiger partial charge is 0.432 e. The standard InChI is InChI=1S/C15H15N3O8S/c1-11-3-2-4-13(7-11)27(23,24)16-14-6-5-12(25-9-17(19)20)8-15(14)26-10-18(21)22/h2-8,16H,9-10H2,1H3. The minimum Gasteiger partial charge on any atom is -0.432 e. The van der Waals surface area contributed by atoms with E-state index >= 15 is 0 Å². The van der Waals surface area contributed by atoms with Crippen molar-refractivity contribution >= 4 is 15.7 Å². The van der Waals surface area contributed by atoms with Gasteiger partial charge in [0.2, 0.25) is 0 Å². The average Bonchev–Trinajstić information content (AvgIpc) is 2.59. The summed E-state index contributed by atoms with van der Waals surface area (Å²) in [5, 5.41) is 20.9. The van der Waals surface area contributed by atoms with Gasteiger partial charge in [-0.15, -0.1) is 0 Å². The predicted molar refractivity (Wildman–Crippen MR) is 93.4 cm³/mol. The van der Waals surface area contributed by atoms with E-state index in [0.29, 0.717) is 0 Å². The molecule has 0 saturated carbocycles. The van der Waals surface area contributed by atoms with Crippen LogP contribution in [0.4, 0.5) is 5.69 Å². The minimum atomic E-state index is -3.98. The number of hydrogen-bond acceptors (Lipinski definition) is 8. The van der Waals surface area contributed by atoms with Crippen LogP contribution < -0.4 is 14.2 Å². The number of nitrogens with zero attached hydrogens (tertiary/aromatic N) is 2. The van der Waals surface area contributed by atoms with E-state index in [0.717, 1.165) is 11.6 Å². The zero-order valence-electron chi connectivity index (χ0n) is 14.0. The van der Waals surface area contributed by atoms with Crippen LogP contribution in [0.1, 0.15) is 5.56 Å². The maximum atomic E-state index is 12.5. The molecule has 0 spiro atoms. The fourth-order valence-corrected chi connectivity index (χ4v) is 3.21. The Hall–Kier alpha value is -3.41. The molecule has 0 fully saturated rings. The fourth-order valence-electron chi connectivity index (χ4n) is 2.03. The van der Waals surface area contributed by atoms with Crippen molar-refractivity contribution in [1.29, 1.82) is 0 Å². The molecule has 2 aromatic rings. The number of rotatable bonds is 9. The summed E-state index contributed by atoms with van der Waals surface area (Å²) in [6, 6.07) is 9.78. The lowest BCUT2D eigenvalue weighted by atomic mass is 10.2. The van der Waals surface area contributed by atoms with E-state index in [1.807, 2.05) is 0 Å². The van der Waals surface area contributed by atoms with Crippen LogP contribution in [-0.2, 0) is 10.0 Å². The van der Waals surface area contributed by atoms with Crippen LogP contribution in [0.2, 0.25) is 0 Å². The first kappa shape index (κ1) is 19.9. The van der Waals surface area contributed by atoms with Crippen LogP contribution in [-0.4, -0.2) is 31.7 Å². The molecular formula is C15H15N3O8S. The van der Waals surface area contributed by atoms with Crippen LogP contribution in [0.5, 0.6) is 11.5 Å². The lowest BCUT2D eigenvalue weighted by Crippen LogP contribution is -2.16. The summed E-state index contributed by atoms with van der Waals surface area (Å²) in [4.78, 5) is 19.4. The monoisotopic (exact) mass is 397 g/mol.